The van der Waals surface area contributed by atoms with Crippen molar-refractivity contribution in [1.29, 1.82) is 0 Å². The van der Waals surface area contributed by atoms with Gasteiger partial charge in [-0.3, -0.25) is 0 Å². The molecule has 1 saturated heterocycles. The molecule has 2 saturated carbocycles. The molecule has 0 aromatic heterocycles. The third-order valence-corrected chi connectivity index (χ3v) is 5.76. The van der Waals surface area contributed by atoms with E-state index in [2.05, 4.69) is 0 Å². The molecule has 3 heteroatoms. The van der Waals surface area contributed by atoms with E-state index in [0.717, 1.165) is 50.2 Å². The van der Waals surface area contributed by atoms with Gasteiger partial charge in [0.25, 0.3) is 0 Å². The van der Waals surface area contributed by atoms with Crippen LogP contribution in [0, 0.1) is 17.8 Å². The van der Waals surface area contributed by atoms with Crippen molar-refractivity contribution in [2.45, 2.75) is 56.7 Å². The van der Waals surface area contributed by atoms with Gasteiger partial charge in [-0.2, -0.15) is 0 Å². The molecule has 3 aliphatic rings. The summed E-state index contributed by atoms with van der Waals surface area (Å²) < 4.78 is 11.1. The van der Waals surface area contributed by atoms with E-state index in [4.69, 9.17) is 9.47 Å². The standard InChI is InChI=1S/C15H26O3/c1-17-15(4-6-18-7-5-15)14(16)10-13-9-11-2-3-12(13)8-11/h11-14,16H,2-10H2,1H3. The van der Waals surface area contributed by atoms with Crippen molar-refractivity contribution in [3.8, 4) is 0 Å². The number of rotatable bonds is 4. The summed E-state index contributed by atoms with van der Waals surface area (Å²) in [5.41, 5.74) is -0.333. The summed E-state index contributed by atoms with van der Waals surface area (Å²) in [5.74, 6) is 2.59. The van der Waals surface area contributed by atoms with Crippen LogP contribution in [0.2, 0.25) is 0 Å². The zero-order valence-corrected chi connectivity index (χ0v) is 11.4. The minimum absolute atomic E-state index is 0.309. The van der Waals surface area contributed by atoms with Gasteiger partial charge in [0.05, 0.1) is 11.7 Å². The van der Waals surface area contributed by atoms with Gasteiger partial charge in [-0.1, -0.05) is 6.42 Å². The summed E-state index contributed by atoms with van der Waals surface area (Å²) in [5, 5.41) is 10.6. The van der Waals surface area contributed by atoms with Gasteiger partial charge in [-0.25, -0.2) is 0 Å². The number of fused-ring (bicyclic) bond motifs is 2. The molecular formula is C15H26O3. The van der Waals surface area contributed by atoms with Crippen LogP contribution >= 0.6 is 0 Å². The molecule has 0 radical (unpaired) electrons. The molecule has 1 N–H and O–H groups in total. The molecule has 1 heterocycles. The topological polar surface area (TPSA) is 38.7 Å². The van der Waals surface area contributed by atoms with Gasteiger partial charge < -0.3 is 14.6 Å². The van der Waals surface area contributed by atoms with Crippen LogP contribution in [0.3, 0.4) is 0 Å². The first-order valence-corrected chi connectivity index (χ1v) is 7.54. The fourth-order valence-electron chi connectivity index (χ4n) is 4.56. The Hall–Kier alpha value is -0.120. The van der Waals surface area contributed by atoms with Gasteiger partial charge in [0.2, 0.25) is 0 Å². The molecule has 3 nitrogen and oxygen atoms in total. The molecule has 104 valence electrons. The smallest absolute Gasteiger partial charge is 0.0980 e. The van der Waals surface area contributed by atoms with Gasteiger partial charge in [0, 0.05) is 33.2 Å². The third-order valence-electron chi connectivity index (χ3n) is 5.76. The fourth-order valence-corrected chi connectivity index (χ4v) is 4.56. The van der Waals surface area contributed by atoms with Crippen molar-refractivity contribution in [3.05, 3.63) is 0 Å². The Morgan fingerprint density at radius 1 is 1.28 bits per heavy atom. The van der Waals surface area contributed by atoms with Crippen LogP contribution in [-0.2, 0) is 9.47 Å². The Morgan fingerprint density at radius 3 is 2.61 bits per heavy atom. The highest BCUT2D eigenvalue weighted by molar-refractivity contribution is 4.96. The summed E-state index contributed by atoms with van der Waals surface area (Å²) in [7, 11) is 1.75. The van der Waals surface area contributed by atoms with Crippen LogP contribution < -0.4 is 0 Å². The van der Waals surface area contributed by atoms with Gasteiger partial charge in [-0.05, 0) is 43.4 Å². The van der Waals surface area contributed by atoms with Crippen LogP contribution in [0.1, 0.15) is 44.9 Å². The number of hydrogen-bond donors (Lipinski definition) is 1. The van der Waals surface area contributed by atoms with Crippen LogP contribution in [-0.4, -0.2) is 37.1 Å². The Bertz CT molecular complexity index is 285. The van der Waals surface area contributed by atoms with Gasteiger partial charge >= 0.3 is 0 Å². The molecular weight excluding hydrogens is 228 g/mol. The molecule has 0 amide bonds. The van der Waals surface area contributed by atoms with Crippen LogP contribution in [0.5, 0.6) is 0 Å². The first-order valence-electron chi connectivity index (χ1n) is 7.54. The lowest BCUT2D eigenvalue weighted by Gasteiger charge is -2.41. The van der Waals surface area contributed by atoms with Crippen LogP contribution in [0.15, 0.2) is 0 Å². The number of aliphatic hydroxyl groups excluding tert-OH is 1. The maximum atomic E-state index is 10.6. The number of methoxy groups -OCH3 is 1. The predicted octanol–water partition coefficient (Wildman–Crippen LogP) is 2.37. The molecule has 18 heavy (non-hydrogen) atoms. The van der Waals surface area contributed by atoms with E-state index in [1.165, 1.54) is 25.7 Å². The Labute approximate surface area is 110 Å². The van der Waals surface area contributed by atoms with E-state index in [1.54, 1.807) is 7.11 Å². The Balaban J connectivity index is 1.61. The van der Waals surface area contributed by atoms with Crippen molar-refractivity contribution in [2.24, 2.45) is 17.8 Å². The largest absolute Gasteiger partial charge is 0.390 e. The highest BCUT2D eigenvalue weighted by atomic mass is 16.5. The Morgan fingerprint density at radius 2 is 2.06 bits per heavy atom. The molecule has 1 aliphatic heterocycles. The zero-order valence-electron chi connectivity index (χ0n) is 11.4. The molecule has 4 atom stereocenters. The predicted molar refractivity (Wildman–Crippen MR) is 69.4 cm³/mol. The van der Waals surface area contributed by atoms with Crippen molar-refractivity contribution in [3.63, 3.8) is 0 Å². The van der Waals surface area contributed by atoms with E-state index < -0.39 is 0 Å². The third kappa shape index (κ3) is 2.21. The first kappa shape index (κ1) is 12.9. The Kier molecular flexibility index (Phi) is 3.65. The number of hydrogen-bond acceptors (Lipinski definition) is 3. The highest BCUT2D eigenvalue weighted by Gasteiger charge is 2.45. The van der Waals surface area contributed by atoms with E-state index in [0.29, 0.717) is 0 Å². The van der Waals surface area contributed by atoms with E-state index in [1.807, 2.05) is 0 Å². The molecule has 3 fully saturated rings. The molecule has 0 aromatic carbocycles. The lowest BCUT2D eigenvalue weighted by atomic mass is 9.78. The highest BCUT2D eigenvalue weighted by Crippen LogP contribution is 2.50. The number of aliphatic hydroxyl groups is 1. The molecule has 0 aromatic rings. The SMILES string of the molecule is COC1(C(O)CC2CC3CCC2C3)CCOCC1. The van der Waals surface area contributed by atoms with Crippen molar-refractivity contribution in [2.75, 3.05) is 20.3 Å². The fraction of sp³-hybridized carbons (Fsp3) is 1.00. The summed E-state index contributed by atoms with van der Waals surface area (Å²) in [6.45, 7) is 1.45. The maximum absolute atomic E-state index is 10.6. The second-order valence-corrected chi connectivity index (χ2v) is 6.57. The average Bonchev–Trinajstić information content (AvgIpc) is 3.01. The average molecular weight is 254 g/mol. The maximum Gasteiger partial charge on any atom is 0.0980 e. The minimum atomic E-state index is -0.333. The number of ether oxygens (including phenoxy) is 2. The summed E-state index contributed by atoms with van der Waals surface area (Å²) in [6.07, 6.45) is 7.90. The molecule has 3 rings (SSSR count). The van der Waals surface area contributed by atoms with Crippen molar-refractivity contribution >= 4 is 0 Å². The minimum Gasteiger partial charge on any atom is -0.390 e. The van der Waals surface area contributed by atoms with Gasteiger partial charge in [-0.15, -0.1) is 0 Å². The van der Waals surface area contributed by atoms with Crippen molar-refractivity contribution in [1.82, 2.24) is 0 Å². The lowest BCUT2D eigenvalue weighted by Crippen LogP contribution is -2.49. The summed E-state index contributed by atoms with van der Waals surface area (Å²) >= 11 is 0. The monoisotopic (exact) mass is 254 g/mol. The molecule has 4 unspecified atom stereocenters. The van der Waals surface area contributed by atoms with Gasteiger partial charge in [0.15, 0.2) is 0 Å². The van der Waals surface area contributed by atoms with Gasteiger partial charge in [0.1, 0.15) is 0 Å². The normalized spacial score (nSPS) is 40.0. The van der Waals surface area contributed by atoms with Crippen LogP contribution in [0.4, 0.5) is 0 Å². The molecule has 0 spiro atoms. The molecule has 2 bridgehead atoms. The second kappa shape index (κ2) is 5.10. The summed E-state index contributed by atoms with van der Waals surface area (Å²) in [6, 6.07) is 0. The molecule has 2 aliphatic carbocycles. The lowest BCUT2D eigenvalue weighted by molar-refractivity contribution is -0.158. The first-order chi connectivity index (χ1) is 8.73. The van der Waals surface area contributed by atoms with E-state index >= 15 is 0 Å². The quantitative estimate of drug-likeness (QED) is 0.837. The second-order valence-electron chi connectivity index (χ2n) is 6.57. The van der Waals surface area contributed by atoms with Crippen molar-refractivity contribution < 1.29 is 14.6 Å². The summed E-state index contributed by atoms with van der Waals surface area (Å²) in [4.78, 5) is 0. The van der Waals surface area contributed by atoms with E-state index in [9.17, 15) is 5.11 Å². The van der Waals surface area contributed by atoms with Crippen LogP contribution in [0.25, 0.3) is 0 Å². The van der Waals surface area contributed by atoms with E-state index in [-0.39, 0.29) is 11.7 Å². The zero-order chi connectivity index (χ0) is 12.6.